The molecule has 4 nitrogen and oxygen atoms in total. The van der Waals surface area contributed by atoms with Gasteiger partial charge in [0.2, 0.25) is 5.91 Å². The molecule has 0 unspecified atom stereocenters. The summed E-state index contributed by atoms with van der Waals surface area (Å²) in [4.78, 5) is 27.1. The number of carbonyl (C=O) groups is 2. The van der Waals surface area contributed by atoms with Gasteiger partial charge in [-0.1, -0.05) is 42.5 Å². The van der Waals surface area contributed by atoms with E-state index in [1.807, 2.05) is 63.2 Å². The average Bonchev–Trinajstić information content (AvgIpc) is 2.72. The number of anilines is 1. The average molecular weight is 419 g/mol. The Labute approximate surface area is 182 Å². The smallest absolute Gasteiger partial charge is 0.258 e. The van der Waals surface area contributed by atoms with E-state index in [0.717, 1.165) is 11.1 Å². The molecule has 1 N–H and O–H groups in total. The SMILES string of the molecule is Cc1ccccc1C(=O)N(Cc1cccc(F)c1)c1ccc(CC(=O)NC(C)C)cc1. The van der Waals surface area contributed by atoms with Crippen molar-refractivity contribution in [3.05, 3.63) is 101 Å². The van der Waals surface area contributed by atoms with Gasteiger partial charge in [0.15, 0.2) is 0 Å². The molecule has 3 aromatic rings. The molecule has 0 aliphatic rings. The molecule has 0 saturated heterocycles. The molecule has 0 aliphatic carbocycles. The second-order valence-electron chi connectivity index (χ2n) is 7.90. The largest absolute Gasteiger partial charge is 0.354 e. The van der Waals surface area contributed by atoms with Crippen molar-refractivity contribution in [3.8, 4) is 0 Å². The molecule has 0 saturated carbocycles. The summed E-state index contributed by atoms with van der Waals surface area (Å²) in [5.74, 6) is -0.546. The third-order valence-corrected chi connectivity index (χ3v) is 4.91. The highest BCUT2D eigenvalue weighted by atomic mass is 19.1. The molecule has 0 bridgehead atoms. The van der Waals surface area contributed by atoms with Gasteiger partial charge in [0, 0.05) is 17.3 Å². The number of benzene rings is 3. The molecular weight excluding hydrogens is 391 g/mol. The molecule has 3 aromatic carbocycles. The lowest BCUT2D eigenvalue weighted by Crippen LogP contribution is -2.32. The van der Waals surface area contributed by atoms with Crippen molar-refractivity contribution in [2.45, 2.75) is 39.8 Å². The zero-order chi connectivity index (χ0) is 22.4. The van der Waals surface area contributed by atoms with Gasteiger partial charge in [-0.05, 0) is 67.8 Å². The monoisotopic (exact) mass is 418 g/mol. The number of amides is 2. The zero-order valence-electron chi connectivity index (χ0n) is 18.1. The number of nitrogens with zero attached hydrogens (tertiary/aromatic N) is 1. The highest BCUT2D eigenvalue weighted by molar-refractivity contribution is 6.07. The number of aryl methyl sites for hydroxylation is 1. The third kappa shape index (κ3) is 6.01. The van der Waals surface area contributed by atoms with Gasteiger partial charge in [0.05, 0.1) is 13.0 Å². The summed E-state index contributed by atoms with van der Waals surface area (Å²) in [6.45, 7) is 5.97. The summed E-state index contributed by atoms with van der Waals surface area (Å²) in [5.41, 5.74) is 3.71. The number of hydrogen-bond donors (Lipinski definition) is 1. The van der Waals surface area contributed by atoms with E-state index in [1.54, 1.807) is 23.1 Å². The number of nitrogens with one attached hydrogen (secondary N) is 1. The van der Waals surface area contributed by atoms with Crippen molar-refractivity contribution >= 4 is 17.5 Å². The fraction of sp³-hybridized carbons (Fsp3) is 0.231. The summed E-state index contributed by atoms with van der Waals surface area (Å²) >= 11 is 0. The number of rotatable bonds is 7. The topological polar surface area (TPSA) is 49.4 Å². The van der Waals surface area contributed by atoms with Gasteiger partial charge in [-0.15, -0.1) is 0 Å². The van der Waals surface area contributed by atoms with Crippen LogP contribution in [-0.2, 0) is 17.8 Å². The van der Waals surface area contributed by atoms with Crippen molar-refractivity contribution in [1.82, 2.24) is 5.32 Å². The molecule has 5 heteroatoms. The third-order valence-electron chi connectivity index (χ3n) is 4.91. The zero-order valence-corrected chi connectivity index (χ0v) is 18.1. The van der Waals surface area contributed by atoms with Gasteiger partial charge in [0.25, 0.3) is 5.91 Å². The summed E-state index contributed by atoms with van der Waals surface area (Å²) < 4.78 is 13.7. The van der Waals surface area contributed by atoms with Crippen molar-refractivity contribution in [1.29, 1.82) is 0 Å². The van der Waals surface area contributed by atoms with Crippen LogP contribution in [0, 0.1) is 12.7 Å². The Morgan fingerprint density at radius 2 is 1.65 bits per heavy atom. The molecule has 0 aromatic heterocycles. The quantitative estimate of drug-likeness (QED) is 0.584. The predicted molar refractivity (Wildman–Crippen MR) is 122 cm³/mol. The molecular formula is C26H27FN2O2. The molecule has 0 radical (unpaired) electrons. The van der Waals surface area contributed by atoms with E-state index in [1.165, 1.54) is 12.1 Å². The van der Waals surface area contributed by atoms with Crippen LogP contribution in [0.4, 0.5) is 10.1 Å². The maximum Gasteiger partial charge on any atom is 0.258 e. The van der Waals surface area contributed by atoms with Gasteiger partial charge in [0.1, 0.15) is 5.82 Å². The number of hydrogen-bond acceptors (Lipinski definition) is 2. The molecule has 3 rings (SSSR count). The highest BCUT2D eigenvalue weighted by Crippen LogP contribution is 2.23. The van der Waals surface area contributed by atoms with E-state index < -0.39 is 0 Å². The van der Waals surface area contributed by atoms with Crippen LogP contribution in [0.25, 0.3) is 0 Å². The van der Waals surface area contributed by atoms with Gasteiger partial charge in [-0.25, -0.2) is 4.39 Å². The normalized spacial score (nSPS) is 10.7. The number of carbonyl (C=O) groups excluding carboxylic acids is 2. The second-order valence-corrected chi connectivity index (χ2v) is 7.90. The minimum atomic E-state index is -0.340. The van der Waals surface area contributed by atoms with E-state index >= 15 is 0 Å². The Bertz CT molecular complexity index is 1060. The lowest BCUT2D eigenvalue weighted by molar-refractivity contribution is -0.120. The van der Waals surface area contributed by atoms with Crippen LogP contribution in [0.15, 0.2) is 72.8 Å². The fourth-order valence-electron chi connectivity index (χ4n) is 3.41. The van der Waals surface area contributed by atoms with Crippen molar-refractivity contribution in [3.63, 3.8) is 0 Å². The van der Waals surface area contributed by atoms with Crippen LogP contribution in [0.1, 0.15) is 40.9 Å². The van der Waals surface area contributed by atoms with Crippen LogP contribution in [0.5, 0.6) is 0 Å². The van der Waals surface area contributed by atoms with E-state index in [-0.39, 0.29) is 36.6 Å². The first-order valence-corrected chi connectivity index (χ1v) is 10.3. The summed E-state index contributed by atoms with van der Waals surface area (Å²) in [7, 11) is 0. The molecule has 0 spiro atoms. The van der Waals surface area contributed by atoms with Gasteiger partial charge < -0.3 is 10.2 Å². The highest BCUT2D eigenvalue weighted by Gasteiger charge is 2.20. The van der Waals surface area contributed by atoms with Crippen LogP contribution in [-0.4, -0.2) is 17.9 Å². The number of halogens is 1. The lowest BCUT2D eigenvalue weighted by Gasteiger charge is -2.24. The standard InChI is InChI=1S/C26H27FN2O2/c1-18(2)28-25(30)16-20-11-13-23(14-12-20)29(17-21-8-6-9-22(27)15-21)26(31)24-10-5-4-7-19(24)3/h4-15,18H,16-17H2,1-3H3,(H,28,30). The molecule has 31 heavy (non-hydrogen) atoms. The first-order chi connectivity index (χ1) is 14.8. The Balaban J connectivity index is 1.89. The second kappa shape index (κ2) is 10.0. The fourth-order valence-corrected chi connectivity index (χ4v) is 3.41. The Kier molecular flexibility index (Phi) is 7.19. The van der Waals surface area contributed by atoms with E-state index in [9.17, 15) is 14.0 Å². The molecule has 2 amide bonds. The molecule has 0 heterocycles. The minimum Gasteiger partial charge on any atom is -0.354 e. The summed E-state index contributed by atoms with van der Waals surface area (Å²) in [6.07, 6.45) is 0.272. The Hall–Kier alpha value is -3.47. The van der Waals surface area contributed by atoms with Crippen LogP contribution in [0.2, 0.25) is 0 Å². The summed E-state index contributed by atoms with van der Waals surface area (Å²) in [6, 6.07) is 21.1. The van der Waals surface area contributed by atoms with E-state index in [0.29, 0.717) is 16.8 Å². The van der Waals surface area contributed by atoms with Crippen molar-refractivity contribution in [2.24, 2.45) is 0 Å². The Morgan fingerprint density at radius 1 is 0.935 bits per heavy atom. The van der Waals surface area contributed by atoms with Crippen LogP contribution in [0.3, 0.4) is 0 Å². The molecule has 0 atom stereocenters. The van der Waals surface area contributed by atoms with E-state index in [2.05, 4.69) is 5.32 Å². The van der Waals surface area contributed by atoms with Gasteiger partial charge in [-0.2, -0.15) is 0 Å². The predicted octanol–water partition coefficient (Wildman–Crippen LogP) is 5.05. The molecule has 160 valence electrons. The molecule has 0 fully saturated rings. The molecule has 0 aliphatic heterocycles. The van der Waals surface area contributed by atoms with Crippen LogP contribution >= 0.6 is 0 Å². The van der Waals surface area contributed by atoms with Crippen molar-refractivity contribution in [2.75, 3.05) is 4.90 Å². The van der Waals surface area contributed by atoms with E-state index in [4.69, 9.17) is 0 Å². The maximum absolute atomic E-state index is 13.7. The first-order valence-electron chi connectivity index (χ1n) is 10.3. The minimum absolute atomic E-state index is 0.0460. The van der Waals surface area contributed by atoms with Crippen molar-refractivity contribution < 1.29 is 14.0 Å². The van der Waals surface area contributed by atoms with Gasteiger partial charge >= 0.3 is 0 Å². The Morgan fingerprint density at radius 3 is 2.29 bits per heavy atom. The summed E-state index contributed by atoms with van der Waals surface area (Å²) in [5, 5.41) is 2.87. The van der Waals surface area contributed by atoms with Crippen LogP contribution < -0.4 is 10.2 Å². The maximum atomic E-state index is 13.7. The van der Waals surface area contributed by atoms with Gasteiger partial charge in [-0.3, -0.25) is 9.59 Å². The first kappa shape index (κ1) is 22.2. The lowest BCUT2D eigenvalue weighted by atomic mass is 10.1.